The number of piperidine rings is 1. The molecule has 1 atom stereocenters. The van der Waals surface area contributed by atoms with Crippen LogP contribution in [-0.2, 0) is 0 Å². The lowest BCUT2D eigenvalue weighted by Gasteiger charge is -2.24. The van der Waals surface area contributed by atoms with Gasteiger partial charge in [0.1, 0.15) is 0 Å². The third-order valence-corrected chi connectivity index (χ3v) is 5.67. The molecule has 2 aliphatic heterocycles. The van der Waals surface area contributed by atoms with Crippen molar-refractivity contribution in [2.75, 3.05) is 43.2 Å². The minimum absolute atomic E-state index is 0.0151. The first kappa shape index (κ1) is 19.6. The number of benzene rings is 2. The summed E-state index contributed by atoms with van der Waals surface area (Å²) >= 11 is 0. The maximum absolute atomic E-state index is 13.0. The van der Waals surface area contributed by atoms with Gasteiger partial charge in [0.25, 0.3) is 0 Å². The minimum atomic E-state index is -0.0151. The number of hydrogen-bond acceptors (Lipinski definition) is 4. The standard InChI is InChI=1S/C23H29N3O3/c1-28-21-11-10-20(17-22(21)29-16-12-18-7-5-6-13-24-18)26-15-14-25(23(26)27)19-8-3-2-4-9-19/h2-4,8-11,17-18,24H,5-7,12-16H2,1H3. The molecule has 2 aromatic rings. The van der Waals surface area contributed by atoms with Crippen molar-refractivity contribution in [2.24, 2.45) is 0 Å². The second-order valence-corrected chi connectivity index (χ2v) is 7.54. The second-order valence-electron chi connectivity index (χ2n) is 7.54. The molecule has 0 bridgehead atoms. The molecule has 2 aliphatic rings. The minimum Gasteiger partial charge on any atom is -0.493 e. The van der Waals surface area contributed by atoms with E-state index in [0.717, 1.165) is 24.3 Å². The summed E-state index contributed by atoms with van der Waals surface area (Å²) in [5, 5.41) is 3.55. The second kappa shape index (κ2) is 9.18. The highest BCUT2D eigenvalue weighted by atomic mass is 16.5. The van der Waals surface area contributed by atoms with E-state index in [1.54, 1.807) is 16.9 Å². The Bertz CT molecular complexity index is 821. The summed E-state index contributed by atoms with van der Waals surface area (Å²) in [6.07, 6.45) is 4.72. The highest BCUT2D eigenvalue weighted by Gasteiger charge is 2.31. The average molecular weight is 396 g/mol. The maximum Gasteiger partial charge on any atom is 0.329 e. The molecule has 0 spiro atoms. The smallest absolute Gasteiger partial charge is 0.329 e. The van der Waals surface area contributed by atoms with E-state index in [2.05, 4.69) is 5.32 Å². The number of nitrogens with one attached hydrogen (secondary N) is 1. The first-order chi connectivity index (χ1) is 14.3. The van der Waals surface area contributed by atoms with Crippen LogP contribution < -0.4 is 24.6 Å². The molecule has 0 saturated carbocycles. The van der Waals surface area contributed by atoms with Crippen LogP contribution in [0.15, 0.2) is 48.5 Å². The van der Waals surface area contributed by atoms with Crippen LogP contribution in [0.5, 0.6) is 11.5 Å². The van der Waals surface area contributed by atoms with Gasteiger partial charge in [-0.2, -0.15) is 0 Å². The normalized spacial score (nSPS) is 19.5. The van der Waals surface area contributed by atoms with Gasteiger partial charge >= 0.3 is 6.03 Å². The molecule has 2 heterocycles. The first-order valence-corrected chi connectivity index (χ1v) is 10.4. The monoisotopic (exact) mass is 395 g/mol. The van der Waals surface area contributed by atoms with Crippen LogP contribution >= 0.6 is 0 Å². The van der Waals surface area contributed by atoms with Crippen LogP contribution in [0.1, 0.15) is 25.7 Å². The Kier molecular flexibility index (Phi) is 6.20. The van der Waals surface area contributed by atoms with Crippen molar-refractivity contribution < 1.29 is 14.3 Å². The van der Waals surface area contributed by atoms with E-state index in [1.165, 1.54) is 19.3 Å². The average Bonchev–Trinajstić information content (AvgIpc) is 3.16. The fourth-order valence-corrected chi connectivity index (χ4v) is 4.05. The van der Waals surface area contributed by atoms with E-state index in [4.69, 9.17) is 9.47 Å². The number of urea groups is 1. The van der Waals surface area contributed by atoms with Crippen molar-refractivity contribution in [1.82, 2.24) is 5.32 Å². The Hall–Kier alpha value is -2.73. The lowest BCUT2D eigenvalue weighted by Crippen LogP contribution is -2.35. The summed E-state index contributed by atoms with van der Waals surface area (Å²) in [6.45, 7) is 3.03. The van der Waals surface area contributed by atoms with Gasteiger partial charge in [-0.25, -0.2) is 4.79 Å². The van der Waals surface area contributed by atoms with Crippen molar-refractivity contribution in [2.45, 2.75) is 31.7 Å². The van der Waals surface area contributed by atoms with Crippen molar-refractivity contribution in [3.63, 3.8) is 0 Å². The molecule has 2 aromatic carbocycles. The SMILES string of the molecule is COc1ccc(N2CCN(c3ccccc3)C2=O)cc1OCCC1CCCCN1. The Morgan fingerprint density at radius 3 is 2.52 bits per heavy atom. The Balaban J connectivity index is 1.44. The van der Waals surface area contributed by atoms with Gasteiger partial charge in [-0.1, -0.05) is 24.6 Å². The Morgan fingerprint density at radius 2 is 1.79 bits per heavy atom. The third-order valence-electron chi connectivity index (χ3n) is 5.67. The molecule has 2 saturated heterocycles. The van der Waals surface area contributed by atoms with Gasteiger partial charge in [0.15, 0.2) is 11.5 Å². The van der Waals surface area contributed by atoms with Crippen molar-refractivity contribution in [3.05, 3.63) is 48.5 Å². The van der Waals surface area contributed by atoms with Crippen LogP contribution in [0.4, 0.5) is 16.2 Å². The predicted octanol–water partition coefficient (Wildman–Crippen LogP) is 4.05. The molecule has 2 fully saturated rings. The van der Waals surface area contributed by atoms with Crippen LogP contribution in [-0.4, -0.2) is 45.4 Å². The molecule has 6 nitrogen and oxygen atoms in total. The van der Waals surface area contributed by atoms with Crippen LogP contribution in [0.2, 0.25) is 0 Å². The fraction of sp³-hybridized carbons (Fsp3) is 0.435. The molecular formula is C23H29N3O3. The zero-order valence-corrected chi connectivity index (χ0v) is 17.0. The number of ether oxygens (including phenoxy) is 2. The molecular weight excluding hydrogens is 366 g/mol. The zero-order valence-electron chi connectivity index (χ0n) is 17.0. The number of carbonyl (C=O) groups excluding carboxylic acids is 1. The molecule has 1 N–H and O–H groups in total. The molecule has 0 radical (unpaired) electrons. The lowest BCUT2D eigenvalue weighted by molar-refractivity contribution is 0.255. The summed E-state index contributed by atoms with van der Waals surface area (Å²) < 4.78 is 11.5. The molecule has 154 valence electrons. The number of anilines is 2. The third kappa shape index (κ3) is 4.48. The zero-order chi connectivity index (χ0) is 20.1. The van der Waals surface area contributed by atoms with Crippen molar-refractivity contribution >= 4 is 17.4 Å². The summed E-state index contributed by atoms with van der Waals surface area (Å²) in [6, 6.07) is 16.0. The Labute approximate surface area is 172 Å². The van der Waals surface area contributed by atoms with E-state index in [0.29, 0.717) is 37.2 Å². The largest absolute Gasteiger partial charge is 0.493 e. The van der Waals surface area contributed by atoms with Crippen LogP contribution in [0.25, 0.3) is 0 Å². The Morgan fingerprint density at radius 1 is 1.00 bits per heavy atom. The van der Waals surface area contributed by atoms with E-state index < -0.39 is 0 Å². The fourth-order valence-electron chi connectivity index (χ4n) is 4.05. The van der Waals surface area contributed by atoms with E-state index in [9.17, 15) is 4.79 Å². The number of carbonyl (C=O) groups is 1. The first-order valence-electron chi connectivity index (χ1n) is 10.4. The summed E-state index contributed by atoms with van der Waals surface area (Å²) in [4.78, 5) is 16.6. The number of amides is 2. The molecule has 2 amide bonds. The van der Waals surface area contributed by atoms with Crippen LogP contribution in [0, 0.1) is 0 Å². The van der Waals surface area contributed by atoms with Gasteiger partial charge in [0.05, 0.1) is 13.7 Å². The van der Waals surface area contributed by atoms with Gasteiger partial charge in [0, 0.05) is 36.6 Å². The molecule has 4 rings (SSSR count). The summed E-state index contributed by atoms with van der Waals surface area (Å²) in [5.74, 6) is 1.38. The number of rotatable bonds is 7. The van der Waals surface area contributed by atoms with Gasteiger partial charge < -0.3 is 14.8 Å². The topological polar surface area (TPSA) is 54.0 Å². The van der Waals surface area contributed by atoms with Gasteiger partial charge in [-0.3, -0.25) is 9.80 Å². The lowest BCUT2D eigenvalue weighted by atomic mass is 10.0. The van der Waals surface area contributed by atoms with Gasteiger partial charge in [-0.15, -0.1) is 0 Å². The molecule has 1 unspecified atom stereocenters. The molecule has 6 heteroatoms. The quantitative estimate of drug-likeness (QED) is 0.768. The van der Waals surface area contributed by atoms with Crippen molar-refractivity contribution in [1.29, 1.82) is 0 Å². The van der Waals surface area contributed by atoms with E-state index in [1.807, 2.05) is 48.5 Å². The molecule has 29 heavy (non-hydrogen) atoms. The number of methoxy groups -OCH3 is 1. The molecule has 0 aliphatic carbocycles. The number of nitrogens with zero attached hydrogens (tertiary/aromatic N) is 2. The van der Waals surface area contributed by atoms with Gasteiger partial charge in [0.2, 0.25) is 0 Å². The predicted molar refractivity (Wildman–Crippen MR) is 115 cm³/mol. The summed E-state index contributed by atoms with van der Waals surface area (Å²) in [5.41, 5.74) is 1.75. The van der Waals surface area contributed by atoms with Crippen molar-refractivity contribution in [3.8, 4) is 11.5 Å². The highest BCUT2D eigenvalue weighted by Crippen LogP contribution is 2.34. The van der Waals surface area contributed by atoms with E-state index in [-0.39, 0.29) is 6.03 Å². The number of hydrogen-bond donors (Lipinski definition) is 1. The molecule has 0 aromatic heterocycles. The highest BCUT2D eigenvalue weighted by molar-refractivity contribution is 6.06. The van der Waals surface area contributed by atoms with Gasteiger partial charge in [-0.05, 0) is 50.1 Å². The summed E-state index contributed by atoms with van der Waals surface area (Å²) in [7, 11) is 1.64. The van der Waals surface area contributed by atoms with Crippen LogP contribution in [0.3, 0.4) is 0 Å². The van der Waals surface area contributed by atoms with E-state index >= 15 is 0 Å². The maximum atomic E-state index is 13.0. The number of para-hydroxylation sites is 1.